The van der Waals surface area contributed by atoms with Crippen molar-refractivity contribution in [2.75, 3.05) is 5.32 Å². The lowest BCUT2D eigenvalue weighted by Gasteiger charge is -2.44. The molecule has 8 nitrogen and oxygen atoms in total. The number of Topliss-reactive ketones (excluding diaryl/α,β-unsaturated/α-hetero) is 1. The molecule has 2 aromatic rings. The number of rotatable bonds is 6. The SMILES string of the molecule is Cc1ccc(NC(=O)c2c(C)c(C(=O)C(=O)NC3(C(N)=O)CC(F)(F)C3)n3c2CCC3)cc1F. The van der Waals surface area contributed by atoms with E-state index in [9.17, 15) is 32.3 Å². The van der Waals surface area contributed by atoms with E-state index in [1.807, 2.05) is 0 Å². The summed E-state index contributed by atoms with van der Waals surface area (Å²) < 4.78 is 42.3. The first-order valence-corrected chi connectivity index (χ1v) is 10.7. The number of carbonyl (C=O) groups excluding carboxylic acids is 4. The van der Waals surface area contributed by atoms with Crippen LogP contribution in [0.25, 0.3) is 0 Å². The van der Waals surface area contributed by atoms with E-state index < -0.39 is 53.6 Å². The number of nitrogens with one attached hydrogen (secondary N) is 2. The molecule has 2 aliphatic rings. The Bertz CT molecular complexity index is 1240. The number of nitrogens with zero attached hydrogens (tertiary/aromatic N) is 1. The lowest BCUT2D eigenvalue weighted by Crippen LogP contribution is -2.69. The number of fused-ring (bicyclic) bond motifs is 1. The number of aryl methyl sites for hydroxylation is 1. The summed E-state index contributed by atoms with van der Waals surface area (Å²) in [6, 6.07) is 4.23. The van der Waals surface area contributed by atoms with Crippen molar-refractivity contribution in [1.29, 1.82) is 0 Å². The van der Waals surface area contributed by atoms with Crippen molar-refractivity contribution in [3.05, 3.63) is 52.1 Å². The molecule has 0 radical (unpaired) electrons. The van der Waals surface area contributed by atoms with Crippen molar-refractivity contribution in [2.24, 2.45) is 5.73 Å². The molecule has 1 aromatic carbocycles. The van der Waals surface area contributed by atoms with Gasteiger partial charge in [-0.3, -0.25) is 19.2 Å². The molecule has 0 atom stereocenters. The van der Waals surface area contributed by atoms with Crippen LogP contribution in [0.4, 0.5) is 18.9 Å². The molecule has 0 bridgehead atoms. The van der Waals surface area contributed by atoms with Gasteiger partial charge in [-0.25, -0.2) is 13.2 Å². The van der Waals surface area contributed by atoms with Gasteiger partial charge in [0.2, 0.25) is 5.91 Å². The lowest BCUT2D eigenvalue weighted by molar-refractivity contribution is -0.162. The molecule has 0 unspecified atom stereocenters. The van der Waals surface area contributed by atoms with Crippen molar-refractivity contribution in [1.82, 2.24) is 9.88 Å². The Balaban J connectivity index is 1.62. The van der Waals surface area contributed by atoms with Gasteiger partial charge in [0.05, 0.1) is 11.3 Å². The number of alkyl halides is 2. The van der Waals surface area contributed by atoms with Crippen LogP contribution in [0.2, 0.25) is 0 Å². The van der Waals surface area contributed by atoms with Gasteiger partial charge in [-0.2, -0.15) is 0 Å². The molecule has 2 heterocycles. The van der Waals surface area contributed by atoms with Crippen LogP contribution in [0.15, 0.2) is 18.2 Å². The number of anilines is 1. The Kier molecular flexibility index (Phi) is 5.53. The van der Waals surface area contributed by atoms with Gasteiger partial charge >= 0.3 is 0 Å². The van der Waals surface area contributed by atoms with Crippen molar-refractivity contribution in [3.63, 3.8) is 0 Å². The second kappa shape index (κ2) is 8.00. The third-order valence-electron chi connectivity index (χ3n) is 6.43. The maximum Gasteiger partial charge on any atom is 0.294 e. The van der Waals surface area contributed by atoms with E-state index in [0.29, 0.717) is 30.6 Å². The maximum atomic E-state index is 13.9. The Morgan fingerprint density at radius 1 is 1.12 bits per heavy atom. The van der Waals surface area contributed by atoms with Gasteiger partial charge in [0, 0.05) is 30.8 Å². The van der Waals surface area contributed by atoms with E-state index in [4.69, 9.17) is 5.73 Å². The van der Waals surface area contributed by atoms with E-state index in [1.54, 1.807) is 17.6 Å². The number of carbonyl (C=O) groups is 4. The lowest BCUT2D eigenvalue weighted by atomic mass is 9.72. The molecular weight excluding hydrogens is 453 g/mol. The first-order chi connectivity index (χ1) is 15.8. The molecular formula is C23H23F3N4O4. The van der Waals surface area contributed by atoms with Crippen molar-refractivity contribution < 1.29 is 32.3 Å². The highest BCUT2D eigenvalue weighted by Crippen LogP contribution is 2.45. The highest BCUT2D eigenvalue weighted by atomic mass is 19.3. The molecule has 4 rings (SSSR count). The van der Waals surface area contributed by atoms with Crippen LogP contribution in [0.5, 0.6) is 0 Å². The van der Waals surface area contributed by atoms with Crippen LogP contribution in [0.1, 0.15) is 56.9 Å². The molecule has 1 saturated carbocycles. The number of hydrogen-bond donors (Lipinski definition) is 3. The molecule has 0 saturated heterocycles. The van der Waals surface area contributed by atoms with Gasteiger partial charge in [-0.05, 0) is 49.9 Å². The second-order valence-corrected chi connectivity index (χ2v) is 8.91. The molecule has 0 spiro atoms. The van der Waals surface area contributed by atoms with E-state index in [-0.39, 0.29) is 22.5 Å². The minimum Gasteiger partial charge on any atom is -0.368 e. The first kappa shape index (κ1) is 23.5. The number of primary amides is 1. The number of benzene rings is 1. The molecule has 1 aliphatic heterocycles. The normalized spacial score (nSPS) is 17.4. The summed E-state index contributed by atoms with van der Waals surface area (Å²) in [6.45, 7) is 3.45. The van der Waals surface area contributed by atoms with Gasteiger partial charge in [-0.1, -0.05) is 6.07 Å². The first-order valence-electron chi connectivity index (χ1n) is 10.7. The van der Waals surface area contributed by atoms with Crippen molar-refractivity contribution in [2.45, 2.75) is 57.5 Å². The summed E-state index contributed by atoms with van der Waals surface area (Å²) in [4.78, 5) is 50.5. The second-order valence-electron chi connectivity index (χ2n) is 8.91. The summed E-state index contributed by atoms with van der Waals surface area (Å²) >= 11 is 0. The largest absolute Gasteiger partial charge is 0.368 e. The fourth-order valence-corrected chi connectivity index (χ4v) is 4.71. The number of nitrogens with two attached hydrogens (primary N) is 1. The zero-order valence-electron chi connectivity index (χ0n) is 18.6. The Hall–Kier alpha value is -3.63. The van der Waals surface area contributed by atoms with E-state index in [2.05, 4.69) is 10.6 Å². The van der Waals surface area contributed by atoms with E-state index in [0.717, 1.165) is 0 Å². The average molecular weight is 476 g/mol. The summed E-state index contributed by atoms with van der Waals surface area (Å²) in [5.74, 6) is -7.69. The van der Waals surface area contributed by atoms with Gasteiger partial charge < -0.3 is 20.9 Å². The summed E-state index contributed by atoms with van der Waals surface area (Å²) in [5.41, 5.74) is 4.75. The zero-order valence-corrected chi connectivity index (χ0v) is 18.6. The smallest absolute Gasteiger partial charge is 0.294 e. The predicted octanol–water partition coefficient (Wildman–Crippen LogP) is 2.39. The number of halogens is 3. The summed E-state index contributed by atoms with van der Waals surface area (Å²) in [7, 11) is 0. The van der Waals surface area contributed by atoms with Gasteiger partial charge in [-0.15, -0.1) is 0 Å². The quantitative estimate of drug-likeness (QED) is 0.438. The van der Waals surface area contributed by atoms with E-state index >= 15 is 0 Å². The van der Waals surface area contributed by atoms with Crippen LogP contribution in [0.3, 0.4) is 0 Å². The number of hydrogen-bond acceptors (Lipinski definition) is 4. The zero-order chi connectivity index (χ0) is 25.0. The van der Waals surface area contributed by atoms with Gasteiger partial charge in [0.15, 0.2) is 0 Å². The topological polar surface area (TPSA) is 123 Å². The number of aromatic nitrogens is 1. The highest BCUT2D eigenvalue weighted by Gasteiger charge is 2.61. The van der Waals surface area contributed by atoms with Crippen LogP contribution in [0, 0.1) is 19.7 Å². The minimum atomic E-state index is -3.17. The average Bonchev–Trinajstić information content (AvgIpc) is 3.27. The molecule has 34 heavy (non-hydrogen) atoms. The van der Waals surface area contributed by atoms with E-state index in [1.165, 1.54) is 19.1 Å². The molecule has 11 heteroatoms. The maximum absolute atomic E-state index is 13.9. The Labute approximate surface area is 192 Å². The molecule has 3 amide bonds. The van der Waals surface area contributed by atoms with Gasteiger partial charge in [0.1, 0.15) is 11.4 Å². The highest BCUT2D eigenvalue weighted by molar-refractivity contribution is 6.43. The van der Waals surface area contributed by atoms with Crippen LogP contribution in [-0.4, -0.2) is 39.5 Å². The van der Waals surface area contributed by atoms with Crippen LogP contribution < -0.4 is 16.4 Å². The third kappa shape index (κ3) is 3.84. The standard InChI is InChI=1S/C23H23F3N4O4/c1-11-5-6-13(8-14(11)24)28-19(32)16-12(2)17(30-7-3-4-15(16)30)18(31)20(33)29-22(21(27)34)9-23(25,26)10-22/h5-6,8H,3-4,7,9-10H2,1-2H3,(H2,27,34)(H,28,32)(H,29,33). The third-order valence-corrected chi connectivity index (χ3v) is 6.43. The number of ketones is 1. The molecule has 1 aliphatic carbocycles. The predicted molar refractivity (Wildman–Crippen MR) is 115 cm³/mol. The Morgan fingerprint density at radius 3 is 2.38 bits per heavy atom. The fraction of sp³-hybridized carbons (Fsp3) is 0.391. The molecule has 180 valence electrons. The van der Waals surface area contributed by atoms with Crippen LogP contribution in [-0.2, 0) is 22.6 Å². The minimum absolute atomic E-state index is 0.0593. The molecule has 4 N–H and O–H groups in total. The summed E-state index contributed by atoms with van der Waals surface area (Å²) in [6.07, 6.45) is -0.882. The molecule has 1 fully saturated rings. The summed E-state index contributed by atoms with van der Waals surface area (Å²) in [5, 5.41) is 4.70. The Morgan fingerprint density at radius 2 is 1.79 bits per heavy atom. The van der Waals surface area contributed by atoms with Crippen LogP contribution >= 0.6 is 0 Å². The monoisotopic (exact) mass is 476 g/mol. The van der Waals surface area contributed by atoms with Crippen molar-refractivity contribution >= 4 is 29.2 Å². The molecule has 1 aromatic heterocycles. The number of amides is 3. The van der Waals surface area contributed by atoms with Gasteiger partial charge in [0.25, 0.3) is 23.5 Å². The van der Waals surface area contributed by atoms with Crippen molar-refractivity contribution in [3.8, 4) is 0 Å². The fourth-order valence-electron chi connectivity index (χ4n) is 4.71.